The van der Waals surface area contributed by atoms with Crippen molar-refractivity contribution < 1.29 is 9.53 Å². The summed E-state index contributed by atoms with van der Waals surface area (Å²) >= 11 is 0. The lowest BCUT2D eigenvalue weighted by molar-refractivity contribution is -0.141. The highest BCUT2D eigenvalue weighted by atomic mass is 16.5. The Hall–Kier alpha value is -3.29. The topological polar surface area (TPSA) is 76.5 Å². The summed E-state index contributed by atoms with van der Waals surface area (Å²) in [5, 5.41) is 3.60. The number of carbonyl (C=O) groups excluding carboxylic acids is 1. The summed E-state index contributed by atoms with van der Waals surface area (Å²) in [6.07, 6.45) is 7.55. The van der Waals surface area contributed by atoms with E-state index in [1.165, 1.54) is 18.2 Å². The van der Waals surface area contributed by atoms with Crippen LogP contribution in [0.15, 0.2) is 59.8 Å². The van der Waals surface area contributed by atoms with Crippen LogP contribution in [0.1, 0.15) is 61.0 Å². The van der Waals surface area contributed by atoms with Gasteiger partial charge >= 0.3 is 5.97 Å². The minimum absolute atomic E-state index is 0.0146. The third-order valence-corrected chi connectivity index (χ3v) is 7.11. The van der Waals surface area contributed by atoms with Gasteiger partial charge in [-0.1, -0.05) is 38.1 Å². The second-order valence-electron chi connectivity index (χ2n) is 11.1. The summed E-state index contributed by atoms with van der Waals surface area (Å²) < 4.78 is 6.89. The molecule has 3 rings (SSSR count). The summed E-state index contributed by atoms with van der Waals surface area (Å²) in [6.45, 7) is 9.97. The van der Waals surface area contributed by atoms with Crippen molar-refractivity contribution in [2.75, 3.05) is 34.3 Å². The largest absolute Gasteiger partial charge is 0.469 e. The Bertz CT molecular complexity index is 1280. The first-order valence-corrected chi connectivity index (χ1v) is 13.8. The normalized spacial score (nSPS) is 13.1. The molecule has 2 heterocycles. The Balaban J connectivity index is 1.92. The summed E-state index contributed by atoms with van der Waals surface area (Å²) in [5.41, 5.74) is 6.56. The minimum atomic E-state index is -0.309. The molecule has 0 spiro atoms. The van der Waals surface area contributed by atoms with Gasteiger partial charge in [-0.2, -0.15) is 0 Å². The van der Waals surface area contributed by atoms with Gasteiger partial charge in [0.1, 0.15) is 0 Å². The van der Waals surface area contributed by atoms with Gasteiger partial charge in [-0.15, -0.1) is 0 Å². The third-order valence-electron chi connectivity index (χ3n) is 7.11. The lowest BCUT2D eigenvalue weighted by atomic mass is 9.94. The number of likely N-dealkylation sites (N-methyl/N-ethyl adjacent to an activating group) is 1. The van der Waals surface area contributed by atoms with Crippen molar-refractivity contribution in [2.24, 2.45) is 5.92 Å². The number of pyridine rings is 2. The standard InChI is InChI=1S/C32H44N4O3/c1-22(2)15-28(36-21-25(11-12-30(36)37)13-14-35(5)6)20-34-29(17-31(38)39-7)26-16-27(19-33-18-26)32-23(3)9-8-10-24(32)4/h8-12,16,18-19,21-22,28-29,34H,13-15,17,20H2,1-7H3/t28-,29-/m0/s1. The van der Waals surface area contributed by atoms with Gasteiger partial charge in [0.25, 0.3) is 5.56 Å². The van der Waals surface area contributed by atoms with Crippen LogP contribution in [-0.2, 0) is 16.0 Å². The number of benzene rings is 1. The van der Waals surface area contributed by atoms with Crippen molar-refractivity contribution in [1.29, 1.82) is 0 Å². The molecule has 1 aromatic carbocycles. The molecule has 3 aromatic rings. The van der Waals surface area contributed by atoms with Crippen molar-refractivity contribution >= 4 is 5.97 Å². The minimum Gasteiger partial charge on any atom is -0.469 e. The van der Waals surface area contributed by atoms with Gasteiger partial charge in [-0.25, -0.2) is 0 Å². The zero-order chi connectivity index (χ0) is 28.5. The molecule has 210 valence electrons. The molecule has 2 aromatic heterocycles. The van der Waals surface area contributed by atoms with E-state index in [2.05, 4.69) is 67.2 Å². The number of hydrogen-bond donors (Lipinski definition) is 1. The van der Waals surface area contributed by atoms with E-state index >= 15 is 0 Å². The first-order chi connectivity index (χ1) is 18.6. The maximum Gasteiger partial charge on any atom is 0.307 e. The molecule has 2 atom stereocenters. The van der Waals surface area contributed by atoms with Crippen molar-refractivity contribution in [3.8, 4) is 11.1 Å². The van der Waals surface area contributed by atoms with Crippen molar-refractivity contribution in [3.63, 3.8) is 0 Å². The van der Waals surface area contributed by atoms with Crippen LogP contribution in [0.5, 0.6) is 0 Å². The SMILES string of the molecule is COC(=O)C[C@H](NC[C@H](CC(C)C)n1cc(CCN(C)C)ccc1=O)c1cncc(-c2c(C)cccc2C)c1. The fourth-order valence-corrected chi connectivity index (χ4v) is 5.07. The number of aromatic nitrogens is 2. The first kappa shape index (κ1) is 30.3. The lowest BCUT2D eigenvalue weighted by Crippen LogP contribution is -2.35. The van der Waals surface area contributed by atoms with E-state index in [9.17, 15) is 9.59 Å². The van der Waals surface area contributed by atoms with Crippen molar-refractivity contribution in [3.05, 3.63) is 87.6 Å². The average Bonchev–Trinajstić information content (AvgIpc) is 2.89. The maximum atomic E-state index is 13.0. The fraction of sp³-hybridized carbons (Fsp3) is 0.469. The molecule has 0 bridgehead atoms. The molecule has 0 fully saturated rings. The van der Waals surface area contributed by atoms with E-state index < -0.39 is 0 Å². The molecule has 39 heavy (non-hydrogen) atoms. The summed E-state index contributed by atoms with van der Waals surface area (Å²) in [4.78, 5) is 32.1. The van der Waals surface area contributed by atoms with Gasteiger partial charge in [0.2, 0.25) is 0 Å². The Morgan fingerprint density at radius 2 is 1.82 bits per heavy atom. The van der Waals surface area contributed by atoms with Crippen molar-refractivity contribution in [1.82, 2.24) is 19.8 Å². The molecule has 0 unspecified atom stereocenters. The molecule has 7 nitrogen and oxygen atoms in total. The molecule has 0 aliphatic rings. The molecular formula is C32H44N4O3. The molecule has 0 aliphatic heterocycles. The van der Waals surface area contributed by atoms with E-state index in [1.54, 1.807) is 6.07 Å². The quantitative estimate of drug-likeness (QED) is 0.308. The smallest absolute Gasteiger partial charge is 0.307 e. The Labute approximate surface area is 233 Å². The molecule has 0 radical (unpaired) electrons. The van der Waals surface area contributed by atoms with Crippen LogP contribution >= 0.6 is 0 Å². The van der Waals surface area contributed by atoms with Gasteiger partial charge in [0.05, 0.1) is 13.5 Å². The van der Waals surface area contributed by atoms with Gasteiger partial charge in [-0.3, -0.25) is 14.6 Å². The van der Waals surface area contributed by atoms with Crippen LogP contribution in [0.2, 0.25) is 0 Å². The van der Waals surface area contributed by atoms with Crippen LogP contribution in [0.4, 0.5) is 0 Å². The molecule has 0 saturated heterocycles. The maximum absolute atomic E-state index is 13.0. The van der Waals surface area contributed by atoms with Gasteiger partial charge in [-0.05, 0) is 80.6 Å². The number of esters is 1. The average molecular weight is 533 g/mol. The fourth-order valence-electron chi connectivity index (χ4n) is 5.07. The summed E-state index contributed by atoms with van der Waals surface area (Å²) in [7, 11) is 5.51. The van der Waals surface area contributed by atoms with Crippen LogP contribution in [0.25, 0.3) is 11.1 Å². The number of rotatable bonds is 13. The number of nitrogens with zero attached hydrogens (tertiary/aromatic N) is 3. The molecule has 7 heteroatoms. The Morgan fingerprint density at radius 1 is 1.10 bits per heavy atom. The number of carbonyl (C=O) groups is 1. The van der Waals surface area contributed by atoms with Crippen LogP contribution in [0, 0.1) is 19.8 Å². The molecule has 0 aliphatic carbocycles. The van der Waals surface area contributed by atoms with E-state index in [0.29, 0.717) is 12.5 Å². The number of methoxy groups -OCH3 is 1. The molecule has 1 N–H and O–H groups in total. The molecular weight excluding hydrogens is 488 g/mol. The molecule has 0 amide bonds. The highest BCUT2D eigenvalue weighted by Gasteiger charge is 2.22. The lowest BCUT2D eigenvalue weighted by Gasteiger charge is -2.26. The Kier molecular flexibility index (Phi) is 11.0. The number of aryl methyl sites for hydroxylation is 2. The van der Waals surface area contributed by atoms with Crippen LogP contribution in [-0.4, -0.2) is 54.7 Å². The summed E-state index contributed by atoms with van der Waals surface area (Å²) in [6, 6.07) is 11.6. The van der Waals surface area contributed by atoms with E-state index in [1.807, 2.05) is 43.3 Å². The predicted octanol–water partition coefficient (Wildman–Crippen LogP) is 5.11. The summed E-state index contributed by atoms with van der Waals surface area (Å²) in [5.74, 6) is 0.0930. The predicted molar refractivity (Wildman–Crippen MR) is 158 cm³/mol. The van der Waals surface area contributed by atoms with Gasteiger partial charge in [0, 0.05) is 55.4 Å². The number of hydrogen-bond acceptors (Lipinski definition) is 6. The number of nitrogens with one attached hydrogen (secondary N) is 1. The van der Waals surface area contributed by atoms with E-state index in [-0.39, 0.29) is 30.0 Å². The Morgan fingerprint density at radius 3 is 2.46 bits per heavy atom. The van der Waals surface area contributed by atoms with Crippen molar-refractivity contribution in [2.45, 2.75) is 59.0 Å². The van der Waals surface area contributed by atoms with Gasteiger partial charge < -0.3 is 19.5 Å². The highest BCUT2D eigenvalue weighted by Crippen LogP contribution is 2.29. The zero-order valence-corrected chi connectivity index (χ0v) is 24.5. The first-order valence-electron chi connectivity index (χ1n) is 13.8. The monoisotopic (exact) mass is 532 g/mol. The highest BCUT2D eigenvalue weighted by molar-refractivity contribution is 5.72. The zero-order valence-electron chi connectivity index (χ0n) is 24.5. The van der Waals surface area contributed by atoms with E-state index in [0.717, 1.165) is 41.6 Å². The third kappa shape index (κ3) is 8.60. The van der Waals surface area contributed by atoms with Gasteiger partial charge in [0.15, 0.2) is 0 Å². The van der Waals surface area contributed by atoms with Crippen LogP contribution < -0.4 is 10.9 Å². The second kappa shape index (κ2) is 14.2. The number of ether oxygens (including phenoxy) is 1. The van der Waals surface area contributed by atoms with E-state index in [4.69, 9.17) is 4.74 Å². The second-order valence-corrected chi connectivity index (χ2v) is 11.1. The molecule has 0 saturated carbocycles. The van der Waals surface area contributed by atoms with Crippen LogP contribution in [0.3, 0.4) is 0 Å².